The molecule has 2 atom stereocenters. The Balaban J connectivity index is 1.88. The van der Waals surface area contributed by atoms with Crippen LogP contribution in [0.5, 0.6) is 0 Å². The smallest absolute Gasteiger partial charge is 0.234 e. The molecule has 2 aromatic rings. The minimum atomic E-state index is -0.315. The highest BCUT2D eigenvalue weighted by molar-refractivity contribution is 6.00. The van der Waals surface area contributed by atoms with E-state index in [1.165, 1.54) is 5.56 Å². The highest BCUT2D eigenvalue weighted by Gasteiger charge is 2.31. The summed E-state index contributed by atoms with van der Waals surface area (Å²) in [6, 6.07) is 20.5. The predicted octanol–water partition coefficient (Wildman–Crippen LogP) is 3.96. The molecular formula is C18H19NO2. The Labute approximate surface area is 125 Å². The third-order valence-corrected chi connectivity index (χ3v) is 3.67. The molecule has 0 aromatic heterocycles. The normalized spacial score (nSPS) is 21.5. The van der Waals surface area contributed by atoms with Crippen LogP contribution >= 0.6 is 0 Å². The van der Waals surface area contributed by atoms with E-state index >= 15 is 0 Å². The van der Waals surface area contributed by atoms with E-state index in [4.69, 9.17) is 9.57 Å². The molecule has 1 heterocycles. The van der Waals surface area contributed by atoms with E-state index in [-0.39, 0.29) is 12.2 Å². The zero-order valence-electron chi connectivity index (χ0n) is 12.1. The van der Waals surface area contributed by atoms with Gasteiger partial charge in [0.25, 0.3) is 0 Å². The molecule has 0 spiro atoms. The minimum Gasteiger partial charge on any atom is -0.363 e. The van der Waals surface area contributed by atoms with Gasteiger partial charge in [-0.2, -0.15) is 0 Å². The quantitative estimate of drug-likeness (QED) is 0.849. The molecule has 1 aliphatic rings. The minimum absolute atomic E-state index is 0.166. The van der Waals surface area contributed by atoms with Gasteiger partial charge in [-0.1, -0.05) is 65.8 Å². The van der Waals surface area contributed by atoms with Crippen LogP contribution in [0, 0.1) is 0 Å². The molecule has 0 radical (unpaired) electrons. The van der Waals surface area contributed by atoms with E-state index in [9.17, 15) is 0 Å². The maximum Gasteiger partial charge on any atom is 0.234 e. The van der Waals surface area contributed by atoms with Crippen molar-refractivity contribution >= 4 is 5.71 Å². The summed E-state index contributed by atoms with van der Waals surface area (Å²) in [5, 5.41) is 4.27. The summed E-state index contributed by atoms with van der Waals surface area (Å²) in [5.74, 6) is 0.166. The zero-order chi connectivity index (χ0) is 14.5. The van der Waals surface area contributed by atoms with E-state index in [2.05, 4.69) is 29.4 Å². The van der Waals surface area contributed by atoms with Gasteiger partial charge >= 0.3 is 0 Å². The summed E-state index contributed by atoms with van der Waals surface area (Å²) in [4.78, 5) is 5.62. The van der Waals surface area contributed by atoms with Crippen molar-refractivity contribution < 1.29 is 9.57 Å². The monoisotopic (exact) mass is 281 g/mol. The Hall–Kier alpha value is -2.13. The van der Waals surface area contributed by atoms with Crippen LogP contribution in [0.25, 0.3) is 0 Å². The first-order chi connectivity index (χ1) is 10.4. The van der Waals surface area contributed by atoms with Crippen LogP contribution in [-0.4, -0.2) is 18.6 Å². The van der Waals surface area contributed by atoms with Gasteiger partial charge in [0.2, 0.25) is 6.29 Å². The summed E-state index contributed by atoms with van der Waals surface area (Å²) in [6.45, 7) is 2.59. The average molecular weight is 281 g/mol. The average Bonchev–Trinajstić information content (AvgIpc) is 2.57. The fraction of sp³-hybridized carbons (Fsp3) is 0.278. The molecule has 3 nitrogen and oxygen atoms in total. The maximum atomic E-state index is 5.70. The lowest BCUT2D eigenvalue weighted by Gasteiger charge is -2.29. The van der Waals surface area contributed by atoms with Crippen LogP contribution in [0.4, 0.5) is 0 Å². The first-order valence-electron chi connectivity index (χ1n) is 7.33. The maximum absolute atomic E-state index is 5.70. The van der Waals surface area contributed by atoms with Gasteiger partial charge in [0.05, 0.1) is 11.6 Å². The summed E-state index contributed by atoms with van der Waals surface area (Å²) < 4.78 is 5.70. The van der Waals surface area contributed by atoms with Crippen LogP contribution in [0.3, 0.4) is 0 Å². The van der Waals surface area contributed by atoms with E-state index in [0.717, 1.165) is 17.7 Å². The zero-order valence-corrected chi connectivity index (χ0v) is 12.1. The highest BCUT2D eigenvalue weighted by Crippen LogP contribution is 2.32. The van der Waals surface area contributed by atoms with Crippen LogP contribution < -0.4 is 0 Å². The largest absolute Gasteiger partial charge is 0.363 e. The summed E-state index contributed by atoms with van der Waals surface area (Å²) in [7, 11) is 0. The first-order valence-corrected chi connectivity index (χ1v) is 7.33. The standard InChI is InChI=1S/C18H19NO2/c1-2-20-18-16(14-9-5-3-6-10-14)13-17(19-21-18)15-11-7-4-8-12-15/h3-12,16,18H,2,13H2,1H3/t16-,18+/m0/s1. The highest BCUT2D eigenvalue weighted by atomic mass is 16.8. The van der Waals surface area contributed by atoms with Crippen molar-refractivity contribution in [1.82, 2.24) is 0 Å². The van der Waals surface area contributed by atoms with Gasteiger partial charge in [-0.25, -0.2) is 0 Å². The van der Waals surface area contributed by atoms with Crippen LogP contribution in [0.15, 0.2) is 65.8 Å². The van der Waals surface area contributed by atoms with Gasteiger partial charge in [0.1, 0.15) is 0 Å². The van der Waals surface area contributed by atoms with Gasteiger partial charge in [0, 0.05) is 13.0 Å². The molecule has 21 heavy (non-hydrogen) atoms. The van der Waals surface area contributed by atoms with Crippen LogP contribution in [-0.2, 0) is 9.57 Å². The first kappa shape index (κ1) is 13.8. The van der Waals surface area contributed by atoms with Gasteiger partial charge < -0.3 is 9.57 Å². The third-order valence-electron chi connectivity index (χ3n) is 3.67. The molecule has 3 heteroatoms. The fourth-order valence-corrected chi connectivity index (χ4v) is 2.62. The molecule has 1 aliphatic heterocycles. The van der Waals surface area contributed by atoms with Crippen LogP contribution in [0.2, 0.25) is 0 Å². The van der Waals surface area contributed by atoms with Gasteiger partial charge in [0.15, 0.2) is 0 Å². The predicted molar refractivity (Wildman–Crippen MR) is 83.3 cm³/mol. The lowest BCUT2D eigenvalue weighted by Crippen LogP contribution is -2.30. The van der Waals surface area contributed by atoms with Gasteiger partial charge in [-0.15, -0.1) is 0 Å². The Kier molecular flexibility index (Phi) is 4.31. The molecule has 0 fully saturated rings. The molecule has 0 saturated heterocycles. The Bertz CT molecular complexity index is 595. The van der Waals surface area contributed by atoms with E-state index < -0.39 is 0 Å². The number of rotatable bonds is 4. The van der Waals surface area contributed by atoms with Crippen molar-refractivity contribution in [2.75, 3.05) is 6.61 Å². The SMILES string of the molecule is CCO[C@@H]1ON=C(c2ccccc2)C[C@H]1c1ccccc1. The van der Waals surface area contributed by atoms with Crippen molar-refractivity contribution in [3.8, 4) is 0 Å². The van der Waals surface area contributed by atoms with Crippen molar-refractivity contribution in [3.63, 3.8) is 0 Å². The number of oxime groups is 1. The molecule has 0 saturated carbocycles. The lowest BCUT2D eigenvalue weighted by molar-refractivity contribution is -0.158. The fourth-order valence-electron chi connectivity index (χ4n) is 2.62. The second-order valence-corrected chi connectivity index (χ2v) is 5.05. The summed E-state index contributed by atoms with van der Waals surface area (Å²) in [6.07, 6.45) is 0.503. The molecule has 0 unspecified atom stereocenters. The molecule has 108 valence electrons. The van der Waals surface area contributed by atoms with E-state index in [1.807, 2.05) is 43.3 Å². The second-order valence-electron chi connectivity index (χ2n) is 5.05. The molecule has 3 rings (SSSR count). The number of hydrogen-bond acceptors (Lipinski definition) is 3. The molecule has 0 aliphatic carbocycles. The number of benzene rings is 2. The topological polar surface area (TPSA) is 30.8 Å². The summed E-state index contributed by atoms with van der Waals surface area (Å²) in [5.41, 5.74) is 3.30. The molecule has 0 N–H and O–H groups in total. The third kappa shape index (κ3) is 3.14. The molecule has 0 bridgehead atoms. The van der Waals surface area contributed by atoms with Gasteiger partial charge in [-0.3, -0.25) is 0 Å². The Morgan fingerprint density at radius 2 is 1.71 bits per heavy atom. The molecule has 2 aromatic carbocycles. The van der Waals surface area contributed by atoms with E-state index in [1.54, 1.807) is 0 Å². The van der Waals surface area contributed by atoms with Crippen molar-refractivity contribution in [2.24, 2.45) is 5.16 Å². The lowest BCUT2D eigenvalue weighted by atomic mass is 9.90. The Morgan fingerprint density at radius 1 is 1.05 bits per heavy atom. The van der Waals surface area contributed by atoms with Crippen molar-refractivity contribution in [3.05, 3.63) is 71.8 Å². The van der Waals surface area contributed by atoms with Crippen LogP contribution in [0.1, 0.15) is 30.4 Å². The second kappa shape index (κ2) is 6.55. The number of ether oxygens (including phenoxy) is 1. The van der Waals surface area contributed by atoms with Crippen molar-refractivity contribution in [2.45, 2.75) is 25.6 Å². The number of hydrogen-bond donors (Lipinski definition) is 0. The molecular weight excluding hydrogens is 262 g/mol. The Morgan fingerprint density at radius 3 is 2.38 bits per heavy atom. The summed E-state index contributed by atoms with van der Waals surface area (Å²) >= 11 is 0. The van der Waals surface area contributed by atoms with E-state index in [0.29, 0.717) is 6.61 Å². The number of nitrogens with zero attached hydrogens (tertiary/aromatic N) is 1. The molecule has 0 amide bonds. The van der Waals surface area contributed by atoms with Crippen molar-refractivity contribution in [1.29, 1.82) is 0 Å². The van der Waals surface area contributed by atoms with Gasteiger partial charge in [-0.05, 0) is 18.1 Å².